The monoisotopic (exact) mass is 280 g/mol. The minimum atomic E-state index is -0.769. The molecular weight excluding hydrogens is 272 g/mol. The van der Waals surface area contributed by atoms with Gasteiger partial charge in [-0.05, 0) is 17.8 Å². The fourth-order valence-electron chi connectivity index (χ4n) is 1.32. The molecule has 2 rings (SSSR count). The number of nitro benzene ring substituents is 1. The van der Waals surface area contributed by atoms with Gasteiger partial charge in [0.25, 0.3) is 5.69 Å². The molecule has 4 N–H and O–H groups in total. The van der Waals surface area contributed by atoms with Crippen LogP contribution in [0.2, 0.25) is 0 Å². The number of non-ortho nitro benzene ring substituents is 1. The second-order valence-corrected chi connectivity index (χ2v) is 4.43. The van der Waals surface area contributed by atoms with Crippen molar-refractivity contribution in [2.45, 2.75) is 10.1 Å². The number of rotatable bonds is 4. The zero-order valence-corrected chi connectivity index (χ0v) is 10.2. The summed E-state index contributed by atoms with van der Waals surface area (Å²) in [5.41, 5.74) is 5.02. The molecule has 0 unspecified atom stereocenters. The molecule has 0 atom stereocenters. The first-order valence-corrected chi connectivity index (χ1v) is 5.72. The van der Waals surface area contributed by atoms with Crippen LogP contribution in [0.3, 0.4) is 0 Å². The number of nitro groups is 1. The van der Waals surface area contributed by atoms with Crippen LogP contribution in [0.1, 0.15) is 10.4 Å². The number of benzene rings is 1. The molecule has 0 bridgehead atoms. The SMILES string of the molecule is NC(=O)c1cc([N+](=O)[O-])ccc1Sc1nncn1N. The summed E-state index contributed by atoms with van der Waals surface area (Å²) in [6.45, 7) is 0. The zero-order valence-electron chi connectivity index (χ0n) is 9.39. The summed E-state index contributed by atoms with van der Waals surface area (Å²) in [5, 5.41) is 18.3. The summed E-state index contributed by atoms with van der Waals surface area (Å²) >= 11 is 1.04. The lowest BCUT2D eigenvalue weighted by Gasteiger charge is -2.05. The summed E-state index contributed by atoms with van der Waals surface area (Å²) in [6.07, 6.45) is 1.29. The van der Waals surface area contributed by atoms with Crippen molar-refractivity contribution in [1.29, 1.82) is 0 Å². The summed E-state index contributed by atoms with van der Waals surface area (Å²) in [5.74, 6) is 4.77. The Hall–Kier alpha value is -2.62. The molecule has 0 saturated carbocycles. The Morgan fingerprint density at radius 3 is 2.74 bits per heavy atom. The quantitative estimate of drug-likeness (QED) is 0.461. The van der Waals surface area contributed by atoms with Crippen LogP contribution < -0.4 is 11.6 Å². The Balaban J connectivity index is 2.43. The van der Waals surface area contributed by atoms with Gasteiger partial charge < -0.3 is 11.6 Å². The van der Waals surface area contributed by atoms with Gasteiger partial charge in [0.2, 0.25) is 11.1 Å². The molecule has 0 spiro atoms. The number of hydrogen-bond donors (Lipinski definition) is 2. The number of hydrogen-bond acceptors (Lipinski definition) is 7. The molecule has 0 saturated heterocycles. The summed E-state index contributed by atoms with van der Waals surface area (Å²) in [7, 11) is 0. The molecular formula is C9H8N6O3S. The lowest BCUT2D eigenvalue weighted by molar-refractivity contribution is -0.384. The number of aromatic nitrogens is 3. The van der Waals surface area contributed by atoms with Crippen molar-refractivity contribution in [3.05, 3.63) is 40.2 Å². The van der Waals surface area contributed by atoms with Gasteiger partial charge in [-0.25, -0.2) is 4.68 Å². The van der Waals surface area contributed by atoms with Gasteiger partial charge >= 0.3 is 0 Å². The third-order valence-corrected chi connectivity index (χ3v) is 3.23. The van der Waals surface area contributed by atoms with Gasteiger partial charge in [-0.1, -0.05) is 0 Å². The smallest absolute Gasteiger partial charge is 0.270 e. The number of amides is 1. The van der Waals surface area contributed by atoms with Gasteiger partial charge in [0.1, 0.15) is 6.33 Å². The van der Waals surface area contributed by atoms with Crippen LogP contribution in [0.4, 0.5) is 5.69 Å². The van der Waals surface area contributed by atoms with Crippen LogP contribution >= 0.6 is 11.8 Å². The van der Waals surface area contributed by atoms with E-state index in [1.54, 1.807) is 0 Å². The summed E-state index contributed by atoms with van der Waals surface area (Å²) in [6, 6.07) is 3.80. The Morgan fingerprint density at radius 2 is 2.21 bits per heavy atom. The molecule has 19 heavy (non-hydrogen) atoms. The molecule has 0 radical (unpaired) electrons. The number of primary amides is 1. The van der Waals surface area contributed by atoms with Crippen molar-refractivity contribution in [2.75, 3.05) is 5.84 Å². The Kier molecular flexibility index (Phi) is 3.33. The molecule has 98 valence electrons. The predicted octanol–water partition coefficient (Wildman–Crippen LogP) is 0.150. The van der Waals surface area contributed by atoms with Gasteiger partial charge in [-0.15, -0.1) is 10.2 Å². The van der Waals surface area contributed by atoms with E-state index < -0.39 is 10.8 Å². The minimum absolute atomic E-state index is 0.0298. The maximum absolute atomic E-state index is 11.3. The van der Waals surface area contributed by atoms with Crippen molar-refractivity contribution in [3.8, 4) is 0 Å². The van der Waals surface area contributed by atoms with Crippen LogP contribution in [0.15, 0.2) is 34.6 Å². The molecule has 0 aliphatic heterocycles. The average molecular weight is 280 g/mol. The number of carbonyl (C=O) groups is 1. The van der Waals surface area contributed by atoms with Crippen LogP contribution in [0, 0.1) is 10.1 Å². The van der Waals surface area contributed by atoms with Crippen molar-refractivity contribution in [3.63, 3.8) is 0 Å². The summed E-state index contributed by atoms with van der Waals surface area (Å²) < 4.78 is 1.16. The van der Waals surface area contributed by atoms with E-state index in [1.165, 1.54) is 18.5 Å². The van der Waals surface area contributed by atoms with Crippen molar-refractivity contribution < 1.29 is 9.72 Å². The molecule has 2 aromatic rings. The molecule has 1 aromatic heterocycles. The second-order valence-electron chi connectivity index (χ2n) is 3.42. The zero-order chi connectivity index (χ0) is 14.0. The van der Waals surface area contributed by atoms with Gasteiger partial charge in [0, 0.05) is 17.0 Å². The first kappa shape index (κ1) is 12.8. The maximum atomic E-state index is 11.3. The Labute approximate surface area is 110 Å². The van der Waals surface area contributed by atoms with Crippen LogP contribution in [0.25, 0.3) is 0 Å². The predicted molar refractivity (Wildman–Crippen MR) is 65.9 cm³/mol. The number of carbonyl (C=O) groups excluding carboxylic acids is 1. The molecule has 1 amide bonds. The van der Waals surface area contributed by atoms with Crippen LogP contribution in [0.5, 0.6) is 0 Å². The molecule has 0 aliphatic carbocycles. The van der Waals surface area contributed by atoms with Gasteiger partial charge in [-0.3, -0.25) is 14.9 Å². The third kappa shape index (κ3) is 2.63. The molecule has 0 aliphatic rings. The average Bonchev–Trinajstić information content (AvgIpc) is 2.75. The highest BCUT2D eigenvalue weighted by molar-refractivity contribution is 7.99. The highest BCUT2D eigenvalue weighted by Gasteiger charge is 2.17. The van der Waals surface area contributed by atoms with E-state index in [-0.39, 0.29) is 11.3 Å². The fraction of sp³-hybridized carbons (Fsp3) is 0. The summed E-state index contributed by atoms with van der Waals surface area (Å²) in [4.78, 5) is 21.8. The normalized spacial score (nSPS) is 10.3. The van der Waals surface area contributed by atoms with E-state index in [0.29, 0.717) is 10.1 Å². The van der Waals surface area contributed by atoms with Gasteiger partial charge in [0.05, 0.1) is 10.5 Å². The fourth-order valence-corrected chi connectivity index (χ4v) is 2.16. The van der Waals surface area contributed by atoms with Gasteiger partial charge in [0.15, 0.2) is 0 Å². The number of nitrogens with zero attached hydrogens (tertiary/aromatic N) is 4. The minimum Gasteiger partial charge on any atom is -0.366 e. The Morgan fingerprint density at radius 1 is 1.47 bits per heavy atom. The number of nitrogen functional groups attached to an aromatic ring is 1. The first-order chi connectivity index (χ1) is 8.99. The van der Waals surface area contributed by atoms with Crippen molar-refractivity contribution in [1.82, 2.24) is 14.9 Å². The van der Waals surface area contributed by atoms with Gasteiger partial charge in [-0.2, -0.15) is 0 Å². The molecule has 0 fully saturated rings. The number of nitrogens with two attached hydrogens (primary N) is 2. The van der Waals surface area contributed by atoms with Crippen molar-refractivity contribution in [2.24, 2.45) is 5.73 Å². The third-order valence-electron chi connectivity index (χ3n) is 2.18. The van der Waals surface area contributed by atoms with E-state index in [9.17, 15) is 14.9 Å². The van der Waals surface area contributed by atoms with Crippen molar-refractivity contribution >= 4 is 23.4 Å². The van der Waals surface area contributed by atoms with E-state index in [1.807, 2.05) is 0 Å². The van der Waals surface area contributed by atoms with E-state index in [0.717, 1.165) is 22.5 Å². The second kappa shape index (κ2) is 4.94. The topological polar surface area (TPSA) is 143 Å². The highest BCUT2D eigenvalue weighted by atomic mass is 32.2. The van der Waals surface area contributed by atoms with E-state index in [2.05, 4.69) is 10.2 Å². The Bertz CT molecular complexity index is 655. The standard InChI is InChI=1S/C9H8N6O3S/c10-8(16)6-3-5(15(17)18)1-2-7(6)19-9-13-12-4-14(9)11/h1-4H,11H2,(H2,10,16). The van der Waals surface area contributed by atoms with Crippen LogP contribution in [-0.2, 0) is 0 Å². The largest absolute Gasteiger partial charge is 0.366 e. The van der Waals surface area contributed by atoms with Crippen LogP contribution in [-0.4, -0.2) is 25.7 Å². The first-order valence-electron chi connectivity index (χ1n) is 4.90. The lowest BCUT2D eigenvalue weighted by Crippen LogP contribution is -2.13. The molecule has 9 nitrogen and oxygen atoms in total. The lowest BCUT2D eigenvalue weighted by atomic mass is 10.2. The molecule has 1 heterocycles. The van der Waals surface area contributed by atoms with E-state index >= 15 is 0 Å². The molecule has 10 heteroatoms. The maximum Gasteiger partial charge on any atom is 0.270 e. The molecule has 1 aromatic carbocycles. The highest BCUT2D eigenvalue weighted by Crippen LogP contribution is 2.30. The van der Waals surface area contributed by atoms with E-state index in [4.69, 9.17) is 11.6 Å².